The van der Waals surface area contributed by atoms with Gasteiger partial charge in [-0.25, -0.2) is 9.79 Å². The van der Waals surface area contributed by atoms with Crippen LogP contribution in [-0.2, 0) is 9.53 Å². The number of esters is 1. The fourth-order valence-corrected chi connectivity index (χ4v) is 4.84. The molecule has 4 rings (SSSR count). The summed E-state index contributed by atoms with van der Waals surface area (Å²) in [7, 11) is 1.34. The van der Waals surface area contributed by atoms with Crippen molar-refractivity contribution in [1.29, 1.82) is 0 Å². The molecule has 33 heavy (non-hydrogen) atoms. The summed E-state index contributed by atoms with van der Waals surface area (Å²) < 4.78 is 12.9. The SMILES string of the molecule is CCCCOc1ccc(C=c2sc3n(c2=O)C(c2ccccc2)C(C(=O)OC)=C(C)N=3)cc1. The Morgan fingerprint density at radius 2 is 1.88 bits per heavy atom. The lowest BCUT2D eigenvalue weighted by molar-refractivity contribution is -0.136. The quantitative estimate of drug-likeness (QED) is 0.398. The van der Waals surface area contributed by atoms with Gasteiger partial charge in [0.25, 0.3) is 5.56 Å². The summed E-state index contributed by atoms with van der Waals surface area (Å²) in [5.74, 6) is 0.322. The maximum atomic E-state index is 13.5. The van der Waals surface area contributed by atoms with Crippen molar-refractivity contribution in [2.45, 2.75) is 32.7 Å². The van der Waals surface area contributed by atoms with Gasteiger partial charge in [-0.2, -0.15) is 0 Å². The van der Waals surface area contributed by atoms with Crippen LogP contribution >= 0.6 is 11.3 Å². The number of allylic oxidation sites excluding steroid dienone is 1. The van der Waals surface area contributed by atoms with Crippen molar-refractivity contribution in [1.82, 2.24) is 4.57 Å². The molecule has 0 fully saturated rings. The highest BCUT2D eigenvalue weighted by molar-refractivity contribution is 7.07. The van der Waals surface area contributed by atoms with Crippen LogP contribution in [0.1, 0.15) is 43.9 Å². The standard InChI is InChI=1S/C26H26N2O4S/c1-4-5-15-32-20-13-11-18(12-14-20)16-21-24(29)28-23(19-9-7-6-8-10-19)22(25(30)31-3)17(2)27-26(28)33-21/h6-14,16,23H,4-5,15H2,1-3H3. The van der Waals surface area contributed by atoms with Crippen molar-refractivity contribution in [2.24, 2.45) is 4.99 Å². The van der Waals surface area contributed by atoms with Crippen LogP contribution in [0.25, 0.3) is 6.08 Å². The largest absolute Gasteiger partial charge is 0.494 e. The van der Waals surface area contributed by atoms with Gasteiger partial charge in [-0.3, -0.25) is 9.36 Å². The molecule has 2 aromatic carbocycles. The van der Waals surface area contributed by atoms with Gasteiger partial charge >= 0.3 is 5.97 Å². The van der Waals surface area contributed by atoms with Gasteiger partial charge in [-0.1, -0.05) is 67.1 Å². The number of carbonyl (C=O) groups is 1. The van der Waals surface area contributed by atoms with Crippen molar-refractivity contribution in [3.63, 3.8) is 0 Å². The Kier molecular flexibility index (Phi) is 6.89. The Balaban J connectivity index is 1.78. The van der Waals surface area contributed by atoms with Gasteiger partial charge in [-0.05, 0) is 42.7 Å². The molecular weight excluding hydrogens is 436 g/mol. The molecule has 170 valence electrons. The van der Waals surface area contributed by atoms with Gasteiger partial charge in [0.15, 0.2) is 4.80 Å². The highest BCUT2D eigenvalue weighted by Crippen LogP contribution is 2.30. The predicted molar refractivity (Wildman–Crippen MR) is 129 cm³/mol. The minimum atomic E-state index is -0.591. The van der Waals surface area contributed by atoms with Crippen LogP contribution in [0, 0.1) is 0 Å². The van der Waals surface area contributed by atoms with E-state index in [1.54, 1.807) is 11.5 Å². The van der Waals surface area contributed by atoms with Gasteiger partial charge in [0.1, 0.15) is 5.75 Å². The van der Waals surface area contributed by atoms with E-state index in [-0.39, 0.29) is 5.56 Å². The monoisotopic (exact) mass is 462 g/mol. The maximum Gasteiger partial charge on any atom is 0.338 e. The first-order chi connectivity index (χ1) is 16.0. The van der Waals surface area contributed by atoms with Gasteiger partial charge in [0.2, 0.25) is 0 Å². The van der Waals surface area contributed by atoms with E-state index in [1.807, 2.05) is 60.7 Å². The fraction of sp³-hybridized carbons (Fsp3) is 0.269. The molecular formula is C26H26N2O4S. The van der Waals surface area contributed by atoms with Gasteiger partial charge in [-0.15, -0.1) is 0 Å². The lowest BCUT2D eigenvalue weighted by Gasteiger charge is -2.24. The zero-order valence-electron chi connectivity index (χ0n) is 18.9. The van der Waals surface area contributed by atoms with Gasteiger partial charge in [0, 0.05) is 0 Å². The second kappa shape index (κ2) is 10.0. The Morgan fingerprint density at radius 3 is 2.55 bits per heavy atom. The average Bonchev–Trinajstić information content (AvgIpc) is 3.14. The van der Waals surface area contributed by atoms with Gasteiger partial charge in [0.05, 0.1) is 35.6 Å². The fourth-order valence-electron chi connectivity index (χ4n) is 3.79. The van der Waals surface area contributed by atoms with E-state index in [2.05, 4.69) is 11.9 Å². The highest BCUT2D eigenvalue weighted by atomic mass is 32.1. The second-order valence-corrected chi connectivity index (χ2v) is 8.76. The zero-order valence-corrected chi connectivity index (χ0v) is 19.7. The molecule has 3 aromatic rings. The number of benzene rings is 2. The molecule has 0 N–H and O–H groups in total. The van der Waals surface area contributed by atoms with E-state index < -0.39 is 12.0 Å². The molecule has 0 spiro atoms. The summed E-state index contributed by atoms with van der Waals surface area (Å²) >= 11 is 1.31. The number of aromatic nitrogens is 1. The molecule has 1 aliphatic rings. The molecule has 1 unspecified atom stereocenters. The van der Waals surface area contributed by atoms with E-state index in [4.69, 9.17) is 9.47 Å². The van der Waals surface area contributed by atoms with E-state index in [0.29, 0.717) is 27.2 Å². The number of rotatable bonds is 7. The van der Waals surface area contributed by atoms with Crippen LogP contribution in [0.5, 0.6) is 5.75 Å². The molecule has 1 aliphatic heterocycles. The third-order valence-corrected chi connectivity index (χ3v) is 6.47. The summed E-state index contributed by atoms with van der Waals surface area (Å²) in [6.45, 7) is 4.59. The summed E-state index contributed by atoms with van der Waals surface area (Å²) in [4.78, 5) is 31.3. The molecule has 0 aliphatic carbocycles. The Morgan fingerprint density at radius 1 is 1.15 bits per heavy atom. The third-order valence-electron chi connectivity index (χ3n) is 5.49. The summed E-state index contributed by atoms with van der Waals surface area (Å²) in [5.41, 5.74) is 2.45. The van der Waals surface area contributed by atoms with E-state index >= 15 is 0 Å². The lowest BCUT2D eigenvalue weighted by atomic mass is 9.96. The minimum absolute atomic E-state index is 0.190. The van der Waals surface area contributed by atoms with Crippen molar-refractivity contribution in [3.05, 3.63) is 96.7 Å². The first-order valence-electron chi connectivity index (χ1n) is 10.9. The summed E-state index contributed by atoms with van der Waals surface area (Å²) in [6.07, 6.45) is 3.94. The number of carbonyl (C=O) groups excluding carboxylic acids is 1. The average molecular weight is 463 g/mol. The maximum absolute atomic E-state index is 13.5. The van der Waals surface area contributed by atoms with Crippen LogP contribution in [0.2, 0.25) is 0 Å². The van der Waals surface area contributed by atoms with Crippen LogP contribution in [0.3, 0.4) is 0 Å². The van der Waals surface area contributed by atoms with Crippen LogP contribution in [0.15, 0.2) is 75.7 Å². The van der Waals surface area contributed by atoms with Crippen molar-refractivity contribution in [3.8, 4) is 5.75 Å². The topological polar surface area (TPSA) is 69.9 Å². The molecule has 7 heteroatoms. The Bertz CT molecular complexity index is 1350. The van der Waals surface area contributed by atoms with E-state index in [1.165, 1.54) is 18.4 Å². The molecule has 0 saturated carbocycles. The van der Waals surface area contributed by atoms with Crippen molar-refractivity contribution in [2.75, 3.05) is 13.7 Å². The molecule has 1 atom stereocenters. The lowest BCUT2D eigenvalue weighted by Crippen LogP contribution is -2.39. The number of ether oxygens (including phenoxy) is 2. The molecule has 2 heterocycles. The highest BCUT2D eigenvalue weighted by Gasteiger charge is 2.32. The molecule has 0 bridgehead atoms. The molecule has 0 radical (unpaired) electrons. The number of fused-ring (bicyclic) bond motifs is 1. The number of hydrogen-bond acceptors (Lipinski definition) is 6. The van der Waals surface area contributed by atoms with Crippen LogP contribution < -0.4 is 19.6 Å². The van der Waals surface area contributed by atoms with E-state index in [9.17, 15) is 9.59 Å². The van der Waals surface area contributed by atoms with E-state index in [0.717, 1.165) is 29.7 Å². The van der Waals surface area contributed by atoms with Gasteiger partial charge < -0.3 is 9.47 Å². The summed E-state index contributed by atoms with van der Waals surface area (Å²) in [6, 6.07) is 16.6. The molecule has 0 saturated heterocycles. The number of methoxy groups -OCH3 is 1. The van der Waals surface area contributed by atoms with Crippen molar-refractivity contribution >= 4 is 23.4 Å². The number of hydrogen-bond donors (Lipinski definition) is 0. The Hall–Kier alpha value is -3.45. The predicted octanol–water partition coefficient (Wildman–Crippen LogP) is 3.59. The molecule has 1 aromatic heterocycles. The normalized spacial score (nSPS) is 15.7. The third kappa shape index (κ3) is 4.68. The molecule has 6 nitrogen and oxygen atoms in total. The Labute approximate surface area is 196 Å². The first kappa shape index (κ1) is 22.7. The van der Waals surface area contributed by atoms with Crippen molar-refractivity contribution < 1.29 is 14.3 Å². The number of unbranched alkanes of at least 4 members (excludes halogenated alkanes) is 1. The minimum Gasteiger partial charge on any atom is -0.494 e. The summed E-state index contributed by atoms with van der Waals surface area (Å²) in [5, 5.41) is 0. The molecule has 0 amide bonds. The van der Waals surface area contributed by atoms with Crippen LogP contribution in [-0.4, -0.2) is 24.3 Å². The van der Waals surface area contributed by atoms with Crippen LogP contribution in [0.4, 0.5) is 0 Å². The zero-order chi connectivity index (χ0) is 23.4. The second-order valence-electron chi connectivity index (χ2n) is 7.76. The number of nitrogens with zero attached hydrogens (tertiary/aromatic N) is 2. The number of thiazole rings is 1. The smallest absolute Gasteiger partial charge is 0.338 e. The first-order valence-corrected chi connectivity index (χ1v) is 11.7.